The minimum atomic E-state index is -0.749. The summed E-state index contributed by atoms with van der Waals surface area (Å²) in [7, 11) is 0. The molecule has 1 aromatic carbocycles. The maximum Gasteiger partial charge on any atom is 0.240 e. The van der Waals surface area contributed by atoms with Gasteiger partial charge in [0.05, 0.1) is 5.54 Å². The summed E-state index contributed by atoms with van der Waals surface area (Å²) in [5, 5.41) is 3.06. The number of benzene rings is 1. The number of hydrogen-bond donors (Lipinski definition) is 2. The number of amides is 1. The molecule has 1 saturated heterocycles. The molecule has 4 heteroatoms. The Morgan fingerprint density at radius 1 is 1.30 bits per heavy atom. The smallest absolute Gasteiger partial charge is 0.240 e. The van der Waals surface area contributed by atoms with Crippen LogP contribution in [0.3, 0.4) is 0 Å². The van der Waals surface area contributed by atoms with E-state index in [1.807, 2.05) is 12.1 Å². The van der Waals surface area contributed by atoms with Crippen LogP contribution in [-0.2, 0) is 4.79 Å². The van der Waals surface area contributed by atoms with E-state index in [1.165, 1.54) is 17.7 Å². The third kappa shape index (κ3) is 2.33. The number of carbonyl (C=O) groups is 1. The second-order valence-corrected chi connectivity index (χ2v) is 6.45. The Hall–Kier alpha value is -1.42. The lowest BCUT2D eigenvalue weighted by Crippen LogP contribution is -2.43. The van der Waals surface area contributed by atoms with Crippen LogP contribution in [0.1, 0.15) is 44.1 Å². The monoisotopic (exact) mass is 276 g/mol. The van der Waals surface area contributed by atoms with E-state index < -0.39 is 5.54 Å². The number of rotatable bonds is 2. The summed E-state index contributed by atoms with van der Waals surface area (Å²) in [6.45, 7) is 1.80. The van der Waals surface area contributed by atoms with Gasteiger partial charge in [0.1, 0.15) is 5.82 Å². The Labute approximate surface area is 118 Å². The highest BCUT2D eigenvalue weighted by Crippen LogP contribution is 2.44. The van der Waals surface area contributed by atoms with Crippen molar-refractivity contribution in [1.29, 1.82) is 0 Å². The molecule has 3 nitrogen and oxygen atoms in total. The molecule has 0 radical (unpaired) electrons. The normalized spacial score (nSPS) is 37.1. The highest BCUT2D eigenvalue weighted by molar-refractivity contribution is 5.88. The first-order chi connectivity index (χ1) is 9.47. The Bertz CT molecular complexity index is 512. The van der Waals surface area contributed by atoms with E-state index in [1.54, 1.807) is 6.92 Å². The number of nitrogens with two attached hydrogens (primary N) is 1. The molecule has 2 fully saturated rings. The third-order valence-electron chi connectivity index (χ3n) is 4.86. The fourth-order valence-corrected chi connectivity index (χ4v) is 3.79. The van der Waals surface area contributed by atoms with E-state index in [4.69, 9.17) is 5.73 Å². The van der Waals surface area contributed by atoms with Crippen LogP contribution in [0.15, 0.2) is 24.3 Å². The van der Waals surface area contributed by atoms with Crippen molar-refractivity contribution >= 4 is 5.91 Å². The molecule has 0 spiro atoms. The van der Waals surface area contributed by atoms with Gasteiger partial charge >= 0.3 is 0 Å². The molecule has 2 aliphatic rings. The fourth-order valence-electron chi connectivity index (χ4n) is 3.79. The highest BCUT2D eigenvalue weighted by Gasteiger charge is 2.45. The highest BCUT2D eigenvalue weighted by atomic mass is 19.1. The summed E-state index contributed by atoms with van der Waals surface area (Å²) in [6, 6.07) is 6.93. The molecule has 2 unspecified atom stereocenters. The third-order valence-corrected chi connectivity index (χ3v) is 4.86. The van der Waals surface area contributed by atoms with Crippen LogP contribution in [0.25, 0.3) is 0 Å². The molecule has 4 atom stereocenters. The number of nitrogens with one attached hydrogen (secondary N) is 1. The summed E-state index contributed by atoms with van der Waals surface area (Å²) in [5.74, 6) is 0.559. The molecule has 1 aliphatic heterocycles. The van der Waals surface area contributed by atoms with Gasteiger partial charge in [-0.15, -0.1) is 0 Å². The van der Waals surface area contributed by atoms with Crippen LogP contribution < -0.4 is 11.1 Å². The Kier molecular flexibility index (Phi) is 3.28. The maximum atomic E-state index is 13.1. The molecule has 3 N–H and O–H groups in total. The molecule has 108 valence electrons. The molecule has 1 amide bonds. The number of hydrogen-bond acceptors (Lipinski definition) is 2. The van der Waals surface area contributed by atoms with E-state index in [0.29, 0.717) is 18.3 Å². The van der Waals surface area contributed by atoms with Gasteiger partial charge in [-0.3, -0.25) is 4.79 Å². The Balaban J connectivity index is 1.80. The number of halogens is 1. The van der Waals surface area contributed by atoms with Crippen molar-refractivity contribution in [3.05, 3.63) is 35.6 Å². The molecule has 3 rings (SSSR count). The number of carbonyl (C=O) groups excluding carboxylic acids is 1. The summed E-state index contributed by atoms with van der Waals surface area (Å²) >= 11 is 0. The Morgan fingerprint density at radius 3 is 2.60 bits per heavy atom. The standard InChI is InChI=1S/C16H21FN2O/c1-16(18)9-14(19-15(16)20)13-4-2-3-12(13)10-5-7-11(17)8-6-10/h5-8,12-14H,2-4,9,18H2,1H3,(H,19,20)/t12?,13?,14-,16+/m1/s1. The van der Waals surface area contributed by atoms with Gasteiger partial charge in [0, 0.05) is 6.04 Å². The summed E-state index contributed by atoms with van der Waals surface area (Å²) < 4.78 is 13.1. The SMILES string of the molecule is C[C@]1(N)C[C@H](C2CCCC2c2ccc(F)cc2)NC1=O. The predicted molar refractivity (Wildman–Crippen MR) is 75.6 cm³/mol. The van der Waals surface area contributed by atoms with Crippen molar-refractivity contribution in [2.75, 3.05) is 0 Å². The van der Waals surface area contributed by atoms with Gasteiger partial charge in [0.2, 0.25) is 5.91 Å². The van der Waals surface area contributed by atoms with E-state index >= 15 is 0 Å². The summed E-state index contributed by atoms with van der Waals surface area (Å²) in [6.07, 6.45) is 4.04. The molecule has 1 aliphatic carbocycles. The van der Waals surface area contributed by atoms with Crippen molar-refractivity contribution < 1.29 is 9.18 Å². The Morgan fingerprint density at radius 2 is 2.00 bits per heavy atom. The minimum absolute atomic E-state index is 0.0488. The fraction of sp³-hybridized carbons (Fsp3) is 0.562. The summed E-state index contributed by atoms with van der Waals surface area (Å²) in [5.41, 5.74) is 6.45. The van der Waals surface area contributed by atoms with Gasteiger partial charge in [0.25, 0.3) is 0 Å². The maximum absolute atomic E-state index is 13.1. The van der Waals surface area contributed by atoms with Crippen LogP contribution in [0.4, 0.5) is 4.39 Å². The molecule has 1 aromatic rings. The van der Waals surface area contributed by atoms with Crippen molar-refractivity contribution in [2.24, 2.45) is 11.7 Å². The zero-order valence-corrected chi connectivity index (χ0v) is 11.7. The lowest BCUT2D eigenvalue weighted by molar-refractivity contribution is -0.123. The van der Waals surface area contributed by atoms with E-state index in [9.17, 15) is 9.18 Å². The molecule has 1 heterocycles. The first-order valence-electron chi connectivity index (χ1n) is 7.33. The van der Waals surface area contributed by atoms with Crippen LogP contribution in [-0.4, -0.2) is 17.5 Å². The van der Waals surface area contributed by atoms with Crippen LogP contribution in [0.5, 0.6) is 0 Å². The largest absolute Gasteiger partial charge is 0.351 e. The predicted octanol–water partition coefficient (Wildman–Crippen LogP) is 2.32. The first kappa shape index (κ1) is 13.6. The van der Waals surface area contributed by atoms with Gasteiger partial charge in [-0.05, 0) is 55.7 Å². The zero-order chi connectivity index (χ0) is 14.3. The van der Waals surface area contributed by atoms with Gasteiger partial charge in [-0.25, -0.2) is 4.39 Å². The van der Waals surface area contributed by atoms with E-state index in [2.05, 4.69) is 5.32 Å². The van der Waals surface area contributed by atoms with Crippen molar-refractivity contribution in [1.82, 2.24) is 5.32 Å². The van der Waals surface area contributed by atoms with Crippen LogP contribution in [0, 0.1) is 11.7 Å². The van der Waals surface area contributed by atoms with Gasteiger partial charge in [-0.1, -0.05) is 18.6 Å². The lowest BCUT2D eigenvalue weighted by atomic mass is 9.81. The van der Waals surface area contributed by atoms with Crippen molar-refractivity contribution in [3.8, 4) is 0 Å². The van der Waals surface area contributed by atoms with Gasteiger partial charge in [-0.2, -0.15) is 0 Å². The van der Waals surface area contributed by atoms with Gasteiger partial charge < -0.3 is 11.1 Å². The molecule has 0 bridgehead atoms. The molecule has 1 saturated carbocycles. The van der Waals surface area contributed by atoms with Crippen LogP contribution in [0.2, 0.25) is 0 Å². The average molecular weight is 276 g/mol. The first-order valence-corrected chi connectivity index (χ1v) is 7.33. The quantitative estimate of drug-likeness (QED) is 0.871. The van der Waals surface area contributed by atoms with Crippen LogP contribution >= 0.6 is 0 Å². The molecule has 20 heavy (non-hydrogen) atoms. The second kappa shape index (κ2) is 4.85. The average Bonchev–Trinajstić information content (AvgIpc) is 2.96. The zero-order valence-electron chi connectivity index (χ0n) is 11.7. The second-order valence-electron chi connectivity index (χ2n) is 6.45. The van der Waals surface area contributed by atoms with Gasteiger partial charge in [0.15, 0.2) is 0 Å². The summed E-state index contributed by atoms with van der Waals surface area (Å²) in [4.78, 5) is 11.9. The molecular weight excluding hydrogens is 255 g/mol. The van der Waals surface area contributed by atoms with Crippen molar-refractivity contribution in [3.63, 3.8) is 0 Å². The van der Waals surface area contributed by atoms with E-state index in [0.717, 1.165) is 19.3 Å². The topological polar surface area (TPSA) is 55.1 Å². The van der Waals surface area contributed by atoms with E-state index in [-0.39, 0.29) is 17.8 Å². The molecular formula is C16H21FN2O. The molecule has 0 aromatic heterocycles. The van der Waals surface area contributed by atoms with Crippen molar-refractivity contribution in [2.45, 2.75) is 50.1 Å². The lowest BCUT2D eigenvalue weighted by Gasteiger charge is -2.26. The minimum Gasteiger partial charge on any atom is -0.351 e.